The lowest BCUT2D eigenvalue weighted by molar-refractivity contribution is -0.139. The summed E-state index contributed by atoms with van der Waals surface area (Å²) in [5.41, 5.74) is 1.04. The van der Waals surface area contributed by atoms with Crippen molar-refractivity contribution >= 4 is 39.1 Å². The fourth-order valence-electron chi connectivity index (χ4n) is 3.07. The number of halogens is 1. The van der Waals surface area contributed by atoms with Gasteiger partial charge >= 0.3 is 0 Å². The zero-order valence-corrected chi connectivity index (χ0v) is 20.4. The van der Waals surface area contributed by atoms with Crippen molar-refractivity contribution in [1.82, 2.24) is 10.2 Å². The maximum Gasteiger partial charge on any atom is 0.244 e. The molecule has 7 nitrogen and oxygen atoms in total. The molecule has 0 radical (unpaired) electrons. The van der Waals surface area contributed by atoms with Gasteiger partial charge in [0, 0.05) is 17.6 Å². The van der Waals surface area contributed by atoms with Crippen molar-refractivity contribution in [2.45, 2.75) is 45.8 Å². The average molecular weight is 480 g/mol. The molecule has 0 saturated carbocycles. The van der Waals surface area contributed by atoms with Crippen molar-refractivity contribution in [3.63, 3.8) is 0 Å². The molecular formula is C23H30ClN3O4S. The molecule has 2 aromatic carbocycles. The van der Waals surface area contributed by atoms with Crippen LogP contribution >= 0.6 is 11.6 Å². The van der Waals surface area contributed by atoms with Gasteiger partial charge in [-0.3, -0.25) is 13.9 Å². The standard InChI is InChI=1S/C23H30ClN3O4S/c1-5-17(2)25-23(29)18(3)26(15-19-11-9-10-14-21(19)24)22(28)16-27(32(4,30)31)20-12-7-6-8-13-20/h6-14,17-18H,5,15-16H2,1-4H3,(H,25,29)/t17-,18-/m0/s1. The van der Waals surface area contributed by atoms with Crippen LogP contribution in [-0.2, 0) is 26.2 Å². The van der Waals surface area contributed by atoms with Gasteiger partial charge in [-0.05, 0) is 44.0 Å². The van der Waals surface area contributed by atoms with E-state index in [0.29, 0.717) is 16.3 Å². The van der Waals surface area contributed by atoms with Crippen LogP contribution in [0.2, 0.25) is 5.02 Å². The van der Waals surface area contributed by atoms with Crippen molar-refractivity contribution in [2.24, 2.45) is 0 Å². The monoisotopic (exact) mass is 479 g/mol. The van der Waals surface area contributed by atoms with Crippen LogP contribution in [0.5, 0.6) is 0 Å². The van der Waals surface area contributed by atoms with E-state index in [0.717, 1.165) is 17.0 Å². The number of benzene rings is 2. The summed E-state index contributed by atoms with van der Waals surface area (Å²) >= 11 is 6.29. The number of hydrogen-bond donors (Lipinski definition) is 1. The molecule has 0 aliphatic heterocycles. The summed E-state index contributed by atoms with van der Waals surface area (Å²) in [5.74, 6) is -0.823. The molecule has 0 saturated heterocycles. The molecule has 1 N–H and O–H groups in total. The minimum atomic E-state index is -3.74. The van der Waals surface area contributed by atoms with Crippen LogP contribution in [0, 0.1) is 0 Å². The van der Waals surface area contributed by atoms with Crippen LogP contribution < -0.4 is 9.62 Å². The number of amides is 2. The molecule has 0 spiro atoms. The van der Waals surface area contributed by atoms with E-state index < -0.39 is 28.5 Å². The molecule has 0 bridgehead atoms. The molecule has 0 aromatic heterocycles. The molecule has 0 aliphatic rings. The van der Waals surface area contributed by atoms with Crippen LogP contribution in [0.4, 0.5) is 5.69 Å². The van der Waals surface area contributed by atoms with E-state index in [1.807, 2.05) is 13.8 Å². The predicted octanol–water partition coefficient (Wildman–Crippen LogP) is 3.44. The lowest BCUT2D eigenvalue weighted by atomic mass is 10.1. The fourth-order valence-corrected chi connectivity index (χ4v) is 4.11. The molecule has 0 fully saturated rings. The molecule has 32 heavy (non-hydrogen) atoms. The van der Waals surface area contributed by atoms with Crippen molar-refractivity contribution in [3.05, 3.63) is 65.2 Å². The molecule has 174 valence electrons. The zero-order valence-electron chi connectivity index (χ0n) is 18.8. The third kappa shape index (κ3) is 6.97. The molecule has 0 unspecified atom stereocenters. The van der Waals surface area contributed by atoms with Crippen molar-refractivity contribution in [1.29, 1.82) is 0 Å². The third-order valence-electron chi connectivity index (χ3n) is 5.19. The second-order valence-corrected chi connectivity index (χ2v) is 10.0. The molecule has 0 aliphatic carbocycles. The topological polar surface area (TPSA) is 86.8 Å². The summed E-state index contributed by atoms with van der Waals surface area (Å²) in [4.78, 5) is 27.6. The van der Waals surface area contributed by atoms with E-state index >= 15 is 0 Å². The first-order valence-corrected chi connectivity index (χ1v) is 12.6. The second kappa shape index (κ2) is 11.3. The number of sulfonamides is 1. The van der Waals surface area contributed by atoms with Crippen molar-refractivity contribution < 1.29 is 18.0 Å². The Balaban J connectivity index is 2.37. The number of para-hydroxylation sites is 1. The van der Waals surface area contributed by atoms with Gasteiger partial charge in [0.15, 0.2) is 0 Å². The lowest BCUT2D eigenvalue weighted by Crippen LogP contribution is -2.52. The average Bonchev–Trinajstić information content (AvgIpc) is 2.75. The Bertz CT molecular complexity index is 1030. The maximum atomic E-state index is 13.4. The summed E-state index contributed by atoms with van der Waals surface area (Å²) in [5, 5.41) is 3.34. The predicted molar refractivity (Wildman–Crippen MR) is 128 cm³/mol. The smallest absolute Gasteiger partial charge is 0.244 e. The molecule has 2 aromatic rings. The van der Waals surface area contributed by atoms with Gasteiger partial charge in [0.25, 0.3) is 0 Å². The number of carbonyl (C=O) groups is 2. The highest BCUT2D eigenvalue weighted by Gasteiger charge is 2.30. The number of anilines is 1. The van der Waals surface area contributed by atoms with Gasteiger partial charge in [-0.1, -0.05) is 54.9 Å². The minimum absolute atomic E-state index is 0.0564. The Labute approximate surface area is 195 Å². The zero-order chi connectivity index (χ0) is 23.9. The highest BCUT2D eigenvalue weighted by molar-refractivity contribution is 7.92. The Morgan fingerprint density at radius 1 is 1.03 bits per heavy atom. The van der Waals surface area contributed by atoms with Gasteiger partial charge < -0.3 is 10.2 Å². The van der Waals surface area contributed by atoms with Crippen LogP contribution in [0.1, 0.15) is 32.8 Å². The second-order valence-electron chi connectivity index (χ2n) is 7.71. The van der Waals surface area contributed by atoms with E-state index in [2.05, 4.69) is 5.32 Å². The highest BCUT2D eigenvalue weighted by atomic mass is 35.5. The number of nitrogens with one attached hydrogen (secondary N) is 1. The number of carbonyl (C=O) groups excluding carboxylic acids is 2. The number of hydrogen-bond acceptors (Lipinski definition) is 4. The SMILES string of the molecule is CC[C@H](C)NC(=O)[C@H](C)N(Cc1ccccc1Cl)C(=O)CN(c1ccccc1)S(C)(=O)=O. The summed E-state index contributed by atoms with van der Waals surface area (Å²) in [6.07, 6.45) is 1.79. The van der Waals surface area contributed by atoms with Gasteiger partial charge in [0.2, 0.25) is 21.8 Å². The first-order valence-electron chi connectivity index (χ1n) is 10.4. The maximum absolute atomic E-state index is 13.4. The van der Waals surface area contributed by atoms with Gasteiger partial charge in [0.05, 0.1) is 11.9 Å². The molecule has 0 heterocycles. The number of nitrogens with zero attached hydrogens (tertiary/aromatic N) is 2. The van der Waals surface area contributed by atoms with Gasteiger partial charge in [0.1, 0.15) is 12.6 Å². The largest absolute Gasteiger partial charge is 0.352 e. The van der Waals surface area contributed by atoms with Crippen molar-refractivity contribution in [2.75, 3.05) is 17.1 Å². The summed E-state index contributed by atoms with van der Waals surface area (Å²) in [6, 6.07) is 14.5. The van der Waals surface area contributed by atoms with Crippen LogP contribution in [0.15, 0.2) is 54.6 Å². The molecule has 2 rings (SSSR count). The first kappa shape index (κ1) is 25.7. The van der Waals surface area contributed by atoms with Crippen LogP contribution in [-0.4, -0.2) is 50.0 Å². The summed E-state index contributed by atoms with van der Waals surface area (Å²) in [7, 11) is -3.74. The Morgan fingerprint density at radius 2 is 1.62 bits per heavy atom. The van der Waals surface area contributed by atoms with E-state index in [1.54, 1.807) is 61.5 Å². The third-order valence-corrected chi connectivity index (χ3v) is 6.70. The van der Waals surface area contributed by atoms with E-state index in [-0.39, 0.29) is 18.5 Å². The van der Waals surface area contributed by atoms with Gasteiger partial charge in [-0.15, -0.1) is 0 Å². The Kier molecular flexibility index (Phi) is 9.09. The van der Waals surface area contributed by atoms with E-state index in [4.69, 9.17) is 11.6 Å². The van der Waals surface area contributed by atoms with Crippen molar-refractivity contribution in [3.8, 4) is 0 Å². The minimum Gasteiger partial charge on any atom is -0.352 e. The van der Waals surface area contributed by atoms with Crippen LogP contribution in [0.25, 0.3) is 0 Å². The normalized spacial score (nSPS) is 13.2. The van der Waals surface area contributed by atoms with Gasteiger partial charge in [-0.25, -0.2) is 8.42 Å². The Hall–Kier alpha value is -2.58. The Morgan fingerprint density at radius 3 is 2.19 bits per heavy atom. The van der Waals surface area contributed by atoms with Gasteiger partial charge in [-0.2, -0.15) is 0 Å². The summed E-state index contributed by atoms with van der Waals surface area (Å²) < 4.78 is 25.9. The van der Waals surface area contributed by atoms with Crippen LogP contribution in [0.3, 0.4) is 0 Å². The quantitative estimate of drug-likeness (QED) is 0.565. The van der Waals surface area contributed by atoms with E-state index in [9.17, 15) is 18.0 Å². The summed E-state index contributed by atoms with van der Waals surface area (Å²) in [6.45, 7) is 5.09. The molecule has 2 atom stereocenters. The molecular weight excluding hydrogens is 450 g/mol. The molecule has 2 amide bonds. The highest BCUT2D eigenvalue weighted by Crippen LogP contribution is 2.21. The lowest BCUT2D eigenvalue weighted by Gasteiger charge is -2.32. The first-order chi connectivity index (χ1) is 15.0. The fraction of sp³-hybridized carbons (Fsp3) is 0.391. The van der Waals surface area contributed by atoms with E-state index in [1.165, 1.54) is 4.90 Å². The molecule has 9 heteroatoms. The number of rotatable bonds is 10.